The minimum absolute atomic E-state index is 0.0301. The van der Waals surface area contributed by atoms with E-state index in [1.165, 1.54) is 30.2 Å². The number of thioether (sulfide) groups is 1. The van der Waals surface area contributed by atoms with Crippen molar-refractivity contribution in [3.63, 3.8) is 0 Å². The van der Waals surface area contributed by atoms with Gasteiger partial charge in [-0.2, -0.15) is 0 Å². The van der Waals surface area contributed by atoms with Gasteiger partial charge >= 0.3 is 0 Å². The third-order valence-corrected chi connectivity index (χ3v) is 5.37. The van der Waals surface area contributed by atoms with Crippen LogP contribution in [0.3, 0.4) is 0 Å². The molecule has 0 aliphatic heterocycles. The first-order chi connectivity index (χ1) is 9.96. The zero-order valence-electron chi connectivity index (χ0n) is 11.0. The number of aromatic nitrogens is 1. The molecule has 0 amide bonds. The van der Waals surface area contributed by atoms with Crippen molar-refractivity contribution < 1.29 is 8.42 Å². The van der Waals surface area contributed by atoms with Crippen molar-refractivity contribution in [2.24, 2.45) is 0 Å². The molecule has 112 valence electrons. The number of nitrogen functional groups attached to an aromatic ring is 1. The summed E-state index contributed by atoms with van der Waals surface area (Å²) in [6.07, 6.45) is 2.88. The van der Waals surface area contributed by atoms with E-state index in [0.29, 0.717) is 16.5 Å². The molecule has 3 N–H and O–H groups in total. The van der Waals surface area contributed by atoms with Crippen molar-refractivity contribution in [1.82, 2.24) is 4.98 Å². The van der Waals surface area contributed by atoms with E-state index in [1.807, 2.05) is 18.2 Å². The van der Waals surface area contributed by atoms with Gasteiger partial charge in [0.05, 0.1) is 22.7 Å². The molecule has 0 radical (unpaired) electrons. The van der Waals surface area contributed by atoms with Gasteiger partial charge in [-0.3, -0.25) is 9.71 Å². The molecule has 5 nitrogen and oxygen atoms in total. The molecule has 0 bridgehead atoms. The van der Waals surface area contributed by atoms with Gasteiger partial charge in [0.15, 0.2) is 0 Å². The second kappa shape index (κ2) is 7.02. The lowest BCUT2D eigenvalue weighted by Gasteiger charge is -2.09. The van der Waals surface area contributed by atoms with Crippen LogP contribution in [0.25, 0.3) is 0 Å². The van der Waals surface area contributed by atoms with Crippen molar-refractivity contribution in [1.29, 1.82) is 0 Å². The first-order valence-corrected chi connectivity index (χ1v) is 9.06. The molecule has 0 spiro atoms. The lowest BCUT2D eigenvalue weighted by atomic mass is 10.3. The van der Waals surface area contributed by atoms with Crippen molar-refractivity contribution in [2.45, 2.75) is 4.90 Å². The quantitative estimate of drug-likeness (QED) is 0.622. The zero-order valence-corrected chi connectivity index (χ0v) is 13.4. The number of benzene rings is 1. The molecule has 0 aliphatic rings. The van der Waals surface area contributed by atoms with E-state index in [0.717, 1.165) is 4.90 Å². The number of hydrogen-bond donors (Lipinski definition) is 2. The molecule has 0 fully saturated rings. The van der Waals surface area contributed by atoms with Crippen LogP contribution in [0.5, 0.6) is 0 Å². The highest BCUT2D eigenvalue weighted by Crippen LogP contribution is 2.22. The predicted octanol–water partition coefficient (Wildman–Crippen LogP) is 2.85. The largest absolute Gasteiger partial charge is 0.399 e. The Morgan fingerprint density at radius 1 is 1.33 bits per heavy atom. The zero-order chi connectivity index (χ0) is 15.3. The topological polar surface area (TPSA) is 85.1 Å². The molecule has 1 heterocycles. The molecule has 1 aromatic carbocycles. The fourth-order valence-corrected chi connectivity index (χ4v) is 4.19. The van der Waals surface area contributed by atoms with Gasteiger partial charge in [0.25, 0.3) is 0 Å². The third-order valence-electron chi connectivity index (χ3n) is 2.51. The van der Waals surface area contributed by atoms with Crippen LogP contribution in [-0.2, 0) is 10.0 Å². The van der Waals surface area contributed by atoms with Crippen molar-refractivity contribution in [3.8, 4) is 0 Å². The van der Waals surface area contributed by atoms with Gasteiger partial charge in [0.1, 0.15) is 0 Å². The number of hydrogen-bond acceptors (Lipinski definition) is 5. The normalized spacial score (nSPS) is 11.3. The molecule has 0 aliphatic carbocycles. The summed E-state index contributed by atoms with van der Waals surface area (Å²) in [5.74, 6) is 0.383. The number of halogens is 1. The van der Waals surface area contributed by atoms with Crippen molar-refractivity contribution in [3.05, 3.63) is 47.7 Å². The highest BCUT2D eigenvalue weighted by Gasteiger charge is 2.12. The molecule has 0 unspecified atom stereocenters. The minimum Gasteiger partial charge on any atom is -0.399 e. The molecule has 2 rings (SSSR count). The van der Waals surface area contributed by atoms with Gasteiger partial charge < -0.3 is 5.73 Å². The Kier molecular flexibility index (Phi) is 5.33. The lowest BCUT2D eigenvalue weighted by Crippen LogP contribution is -2.18. The molecule has 0 saturated carbocycles. The first-order valence-electron chi connectivity index (χ1n) is 6.05. The van der Waals surface area contributed by atoms with Crippen LogP contribution in [0.4, 0.5) is 11.4 Å². The Balaban J connectivity index is 1.91. The van der Waals surface area contributed by atoms with E-state index in [-0.39, 0.29) is 11.4 Å². The fraction of sp³-hybridized carbons (Fsp3) is 0.154. The number of anilines is 2. The van der Waals surface area contributed by atoms with Crippen LogP contribution in [0, 0.1) is 0 Å². The summed E-state index contributed by atoms with van der Waals surface area (Å²) >= 11 is 7.32. The van der Waals surface area contributed by atoms with Crippen LogP contribution >= 0.6 is 23.4 Å². The maximum Gasteiger partial charge on any atom is 0.233 e. The van der Waals surface area contributed by atoms with Gasteiger partial charge in [-0.25, -0.2) is 8.42 Å². The van der Waals surface area contributed by atoms with Crippen LogP contribution < -0.4 is 10.5 Å². The molecule has 0 atom stereocenters. The maximum absolute atomic E-state index is 12.0. The second-order valence-electron chi connectivity index (χ2n) is 4.20. The second-order valence-corrected chi connectivity index (χ2v) is 7.61. The average Bonchev–Trinajstić information content (AvgIpc) is 2.41. The summed E-state index contributed by atoms with van der Waals surface area (Å²) in [5, 5.41) is 0.317. The number of nitrogens with zero attached hydrogens (tertiary/aromatic N) is 1. The summed E-state index contributed by atoms with van der Waals surface area (Å²) in [6, 6.07) is 8.84. The number of rotatable bonds is 6. The molecular weight excluding hydrogens is 330 g/mol. The average molecular weight is 344 g/mol. The van der Waals surface area contributed by atoms with Crippen molar-refractivity contribution >= 4 is 44.8 Å². The number of pyridine rings is 1. The van der Waals surface area contributed by atoms with E-state index in [1.54, 1.807) is 6.07 Å². The summed E-state index contributed by atoms with van der Waals surface area (Å²) < 4.78 is 26.4. The van der Waals surface area contributed by atoms with Crippen LogP contribution in [0.2, 0.25) is 5.02 Å². The van der Waals surface area contributed by atoms with E-state index >= 15 is 0 Å². The molecule has 0 saturated heterocycles. The highest BCUT2D eigenvalue weighted by atomic mass is 35.5. The fourth-order valence-electron chi connectivity index (χ4n) is 1.54. The maximum atomic E-state index is 12.0. The number of sulfonamides is 1. The van der Waals surface area contributed by atoms with Gasteiger partial charge in [0, 0.05) is 22.5 Å². The molecule has 21 heavy (non-hydrogen) atoms. The van der Waals surface area contributed by atoms with Gasteiger partial charge in [-0.15, -0.1) is 11.8 Å². The SMILES string of the molecule is Nc1cccc(SCCS(=O)(=O)Nc2cnccc2Cl)c1. The Morgan fingerprint density at radius 3 is 2.86 bits per heavy atom. The Morgan fingerprint density at radius 2 is 2.14 bits per heavy atom. The van der Waals surface area contributed by atoms with Crippen LogP contribution in [-0.4, -0.2) is 24.9 Å². The van der Waals surface area contributed by atoms with Crippen LogP contribution in [0.15, 0.2) is 47.6 Å². The summed E-state index contributed by atoms with van der Waals surface area (Å²) in [4.78, 5) is 4.77. The van der Waals surface area contributed by atoms with Gasteiger partial charge in [0.2, 0.25) is 10.0 Å². The molecule has 1 aromatic heterocycles. The molecule has 2 aromatic rings. The third kappa shape index (κ3) is 5.11. The summed E-state index contributed by atoms with van der Waals surface area (Å²) in [7, 11) is -3.46. The Bertz CT molecular complexity index is 723. The van der Waals surface area contributed by atoms with Gasteiger partial charge in [-0.05, 0) is 24.3 Å². The standard InChI is InChI=1S/C13H14ClN3O2S2/c14-12-4-5-16-9-13(12)17-21(18,19)7-6-20-11-3-1-2-10(15)8-11/h1-5,8-9,17H,6-7,15H2. The summed E-state index contributed by atoms with van der Waals surface area (Å²) in [6.45, 7) is 0. The minimum atomic E-state index is -3.46. The highest BCUT2D eigenvalue weighted by molar-refractivity contribution is 8.01. The Labute approximate surface area is 133 Å². The van der Waals surface area contributed by atoms with Gasteiger partial charge in [-0.1, -0.05) is 17.7 Å². The first kappa shape index (κ1) is 15.9. The predicted molar refractivity (Wildman–Crippen MR) is 88.2 cm³/mol. The van der Waals surface area contributed by atoms with Crippen LogP contribution in [0.1, 0.15) is 0 Å². The van der Waals surface area contributed by atoms with E-state index in [4.69, 9.17) is 17.3 Å². The monoisotopic (exact) mass is 343 g/mol. The van der Waals surface area contributed by atoms with E-state index in [9.17, 15) is 8.42 Å². The molecule has 8 heteroatoms. The number of nitrogens with one attached hydrogen (secondary N) is 1. The molecular formula is C13H14ClN3O2S2. The van der Waals surface area contributed by atoms with E-state index in [2.05, 4.69) is 9.71 Å². The summed E-state index contributed by atoms with van der Waals surface area (Å²) in [5.41, 5.74) is 6.61. The number of nitrogens with two attached hydrogens (primary N) is 1. The van der Waals surface area contributed by atoms with E-state index < -0.39 is 10.0 Å². The van der Waals surface area contributed by atoms with Crippen molar-refractivity contribution in [2.75, 3.05) is 22.0 Å². The smallest absolute Gasteiger partial charge is 0.233 e. The Hall–Kier alpha value is -1.44. The lowest BCUT2D eigenvalue weighted by molar-refractivity contribution is 0.602.